The average molecular weight is 289 g/mol. The summed E-state index contributed by atoms with van der Waals surface area (Å²) in [5.74, 6) is 0.885. The van der Waals surface area contributed by atoms with E-state index in [0.717, 1.165) is 23.1 Å². The van der Waals surface area contributed by atoms with Crippen molar-refractivity contribution in [3.05, 3.63) is 23.8 Å². The number of likely N-dealkylation sites (tertiary alicyclic amines) is 1. The summed E-state index contributed by atoms with van der Waals surface area (Å²) < 4.78 is 1.28. The summed E-state index contributed by atoms with van der Waals surface area (Å²) in [4.78, 5) is 7.08. The average Bonchev–Trinajstić information content (AvgIpc) is 2.83. The second-order valence-corrected chi connectivity index (χ2v) is 6.98. The molecule has 0 saturated carbocycles. The molecule has 1 aromatic carbocycles. The maximum absolute atomic E-state index is 4.65. The van der Waals surface area contributed by atoms with Crippen molar-refractivity contribution in [1.82, 2.24) is 9.88 Å². The van der Waals surface area contributed by atoms with Gasteiger partial charge in [-0.3, -0.25) is 0 Å². The van der Waals surface area contributed by atoms with E-state index in [-0.39, 0.29) is 0 Å². The van der Waals surface area contributed by atoms with Gasteiger partial charge in [0.1, 0.15) is 0 Å². The highest BCUT2D eigenvalue weighted by molar-refractivity contribution is 7.22. The second-order valence-electron chi connectivity index (χ2n) is 5.95. The standard InChI is InChI=1S/C16H23N3S/c1-12-3-4-14-15(11-12)20-16(18-14)17-8-5-13-6-9-19(2)10-7-13/h3-4,11,13H,5-10H2,1-2H3,(H,17,18). The number of hydrogen-bond acceptors (Lipinski definition) is 4. The molecule has 1 aromatic heterocycles. The quantitative estimate of drug-likeness (QED) is 0.929. The van der Waals surface area contributed by atoms with Crippen LogP contribution in [0.4, 0.5) is 5.13 Å². The largest absolute Gasteiger partial charge is 0.361 e. The Bertz CT molecular complexity index is 570. The molecule has 3 rings (SSSR count). The molecule has 0 bridgehead atoms. The Morgan fingerprint density at radius 2 is 2.15 bits per heavy atom. The van der Waals surface area contributed by atoms with Crippen molar-refractivity contribution in [3.8, 4) is 0 Å². The molecule has 0 spiro atoms. The summed E-state index contributed by atoms with van der Waals surface area (Å²) in [6.45, 7) is 5.69. The summed E-state index contributed by atoms with van der Waals surface area (Å²) >= 11 is 1.77. The van der Waals surface area contributed by atoms with Crippen LogP contribution in [0.5, 0.6) is 0 Å². The molecule has 1 N–H and O–H groups in total. The van der Waals surface area contributed by atoms with Gasteiger partial charge >= 0.3 is 0 Å². The van der Waals surface area contributed by atoms with Crippen molar-refractivity contribution in [2.45, 2.75) is 26.2 Å². The van der Waals surface area contributed by atoms with Crippen LogP contribution in [0.3, 0.4) is 0 Å². The fourth-order valence-corrected chi connectivity index (χ4v) is 3.83. The number of aromatic nitrogens is 1. The fraction of sp³-hybridized carbons (Fsp3) is 0.562. The van der Waals surface area contributed by atoms with Gasteiger partial charge in [-0.15, -0.1) is 0 Å². The number of piperidine rings is 1. The lowest BCUT2D eigenvalue weighted by Crippen LogP contribution is -2.30. The highest BCUT2D eigenvalue weighted by Gasteiger charge is 2.16. The first-order valence-electron chi connectivity index (χ1n) is 7.50. The molecular weight excluding hydrogens is 266 g/mol. The number of fused-ring (bicyclic) bond motifs is 1. The zero-order chi connectivity index (χ0) is 13.9. The summed E-state index contributed by atoms with van der Waals surface area (Å²) in [7, 11) is 2.22. The third-order valence-electron chi connectivity index (χ3n) is 4.21. The van der Waals surface area contributed by atoms with Crippen molar-refractivity contribution >= 4 is 26.7 Å². The third-order valence-corrected chi connectivity index (χ3v) is 5.19. The van der Waals surface area contributed by atoms with Crippen LogP contribution in [-0.4, -0.2) is 36.6 Å². The minimum Gasteiger partial charge on any atom is -0.361 e. The van der Waals surface area contributed by atoms with Gasteiger partial charge in [0.05, 0.1) is 10.2 Å². The SMILES string of the molecule is Cc1ccc2nc(NCCC3CCN(C)CC3)sc2c1. The Balaban J connectivity index is 1.52. The Labute approximate surface area is 125 Å². The molecule has 0 amide bonds. The summed E-state index contributed by atoms with van der Waals surface area (Å²) in [5.41, 5.74) is 2.42. The number of nitrogens with one attached hydrogen (secondary N) is 1. The molecule has 0 atom stereocenters. The summed E-state index contributed by atoms with van der Waals surface area (Å²) in [6, 6.07) is 6.46. The molecule has 1 aliphatic heterocycles. The van der Waals surface area contributed by atoms with Crippen LogP contribution in [0.2, 0.25) is 0 Å². The van der Waals surface area contributed by atoms with Crippen molar-refractivity contribution in [1.29, 1.82) is 0 Å². The van der Waals surface area contributed by atoms with E-state index in [1.54, 1.807) is 11.3 Å². The zero-order valence-electron chi connectivity index (χ0n) is 12.4. The van der Waals surface area contributed by atoms with Crippen LogP contribution in [0.25, 0.3) is 10.2 Å². The van der Waals surface area contributed by atoms with Crippen LogP contribution in [0.15, 0.2) is 18.2 Å². The van der Waals surface area contributed by atoms with Crippen LogP contribution in [-0.2, 0) is 0 Å². The number of thiazole rings is 1. The Morgan fingerprint density at radius 1 is 1.35 bits per heavy atom. The maximum atomic E-state index is 4.65. The molecule has 1 saturated heterocycles. The van der Waals surface area contributed by atoms with Gasteiger partial charge in [-0.25, -0.2) is 4.98 Å². The zero-order valence-corrected chi connectivity index (χ0v) is 13.2. The highest BCUT2D eigenvalue weighted by Crippen LogP contribution is 2.27. The van der Waals surface area contributed by atoms with Gasteiger partial charge < -0.3 is 10.2 Å². The Hall–Kier alpha value is -1.13. The third kappa shape index (κ3) is 3.30. The minimum atomic E-state index is 0.885. The van der Waals surface area contributed by atoms with Crippen LogP contribution >= 0.6 is 11.3 Å². The second kappa shape index (κ2) is 6.10. The normalized spacial score (nSPS) is 17.7. The van der Waals surface area contributed by atoms with Crippen molar-refractivity contribution in [2.24, 2.45) is 5.92 Å². The van der Waals surface area contributed by atoms with Crippen molar-refractivity contribution in [3.63, 3.8) is 0 Å². The minimum absolute atomic E-state index is 0.885. The van der Waals surface area contributed by atoms with Crippen molar-refractivity contribution in [2.75, 3.05) is 32.0 Å². The molecule has 1 aliphatic rings. The fourth-order valence-electron chi connectivity index (χ4n) is 2.84. The van der Waals surface area contributed by atoms with Crippen molar-refractivity contribution < 1.29 is 0 Å². The van der Waals surface area contributed by atoms with E-state index >= 15 is 0 Å². The van der Waals surface area contributed by atoms with Gasteiger partial charge in [0.15, 0.2) is 5.13 Å². The molecule has 0 radical (unpaired) electrons. The van der Waals surface area contributed by atoms with Gasteiger partial charge in [0, 0.05) is 6.54 Å². The van der Waals surface area contributed by atoms with Crippen LogP contribution in [0, 0.1) is 12.8 Å². The first-order chi connectivity index (χ1) is 9.70. The highest BCUT2D eigenvalue weighted by atomic mass is 32.1. The number of nitrogens with zero attached hydrogens (tertiary/aromatic N) is 2. The smallest absolute Gasteiger partial charge is 0.183 e. The topological polar surface area (TPSA) is 28.2 Å². The number of rotatable bonds is 4. The molecule has 2 aromatic rings. The lowest BCUT2D eigenvalue weighted by atomic mass is 9.94. The van der Waals surface area contributed by atoms with E-state index in [0.29, 0.717) is 0 Å². The first-order valence-corrected chi connectivity index (χ1v) is 8.32. The lowest BCUT2D eigenvalue weighted by Gasteiger charge is -2.28. The molecule has 4 heteroatoms. The number of anilines is 1. The van der Waals surface area contributed by atoms with E-state index in [4.69, 9.17) is 0 Å². The van der Waals surface area contributed by atoms with Gasteiger partial charge in [0.25, 0.3) is 0 Å². The molecule has 1 fully saturated rings. The van der Waals surface area contributed by atoms with E-state index in [1.165, 1.54) is 42.6 Å². The molecule has 108 valence electrons. The molecule has 0 aliphatic carbocycles. The lowest BCUT2D eigenvalue weighted by molar-refractivity contribution is 0.215. The molecule has 20 heavy (non-hydrogen) atoms. The van der Waals surface area contributed by atoms with Gasteiger partial charge in [-0.05, 0) is 69.9 Å². The summed E-state index contributed by atoms with van der Waals surface area (Å²) in [5, 5.41) is 4.57. The predicted octanol–water partition coefficient (Wildman–Crippen LogP) is 3.75. The van der Waals surface area contributed by atoms with E-state index in [9.17, 15) is 0 Å². The number of benzene rings is 1. The number of hydrogen-bond donors (Lipinski definition) is 1. The van der Waals surface area contributed by atoms with Crippen LogP contribution in [0.1, 0.15) is 24.8 Å². The van der Waals surface area contributed by atoms with Gasteiger partial charge in [0.2, 0.25) is 0 Å². The van der Waals surface area contributed by atoms with E-state index < -0.39 is 0 Å². The molecule has 2 heterocycles. The van der Waals surface area contributed by atoms with Gasteiger partial charge in [-0.1, -0.05) is 17.4 Å². The number of aryl methyl sites for hydroxylation is 1. The maximum Gasteiger partial charge on any atom is 0.183 e. The molecular formula is C16H23N3S. The Kier molecular flexibility index (Phi) is 4.22. The molecule has 3 nitrogen and oxygen atoms in total. The predicted molar refractivity (Wildman–Crippen MR) is 87.7 cm³/mol. The van der Waals surface area contributed by atoms with Gasteiger partial charge in [-0.2, -0.15) is 0 Å². The summed E-state index contributed by atoms with van der Waals surface area (Å²) in [6.07, 6.45) is 3.96. The first kappa shape index (κ1) is 13.8. The molecule has 0 unspecified atom stereocenters. The monoisotopic (exact) mass is 289 g/mol. The van der Waals surface area contributed by atoms with E-state index in [1.807, 2.05) is 0 Å². The van der Waals surface area contributed by atoms with E-state index in [2.05, 4.69) is 47.4 Å². The Morgan fingerprint density at radius 3 is 2.95 bits per heavy atom. The van der Waals surface area contributed by atoms with Crippen LogP contribution < -0.4 is 5.32 Å².